The first-order chi connectivity index (χ1) is 9.51. The molecule has 4 atom stereocenters. The van der Waals surface area contributed by atoms with E-state index in [4.69, 9.17) is 4.74 Å². The van der Waals surface area contributed by atoms with Gasteiger partial charge in [-0.05, 0) is 43.9 Å². The van der Waals surface area contributed by atoms with E-state index in [1.54, 1.807) is 0 Å². The second-order valence-electron chi connectivity index (χ2n) is 6.42. The Morgan fingerprint density at radius 2 is 1.95 bits per heavy atom. The number of hydrogen-bond acceptors (Lipinski definition) is 3. The van der Waals surface area contributed by atoms with E-state index in [1.165, 1.54) is 18.5 Å². The number of rotatable bonds is 4. The van der Waals surface area contributed by atoms with Crippen LogP contribution >= 0.6 is 0 Å². The zero-order valence-corrected chi connectivity index (χ0v) is 13.4. The molecule has 4 unspecified atom stereocenters. The second-order valence-corrected chi connectivity index (χ2v) is 6.42. The molecule has 0 heterocycles. The van der Waals surface area contributed by atoms with Crippen LogP contribution in [-0.2, 0) is 0 Å². The minimum Gasteiger partial charge on any atom is -0.488 e. The molecule has 0 saturated heterocycles. The molecule has 1 aromatic rings. The molecule has 1 aromatic carbocycles. The predicted octanol–water partition coefficient (Wildman–Crippen LogP) is 3.15. The van der Waals surface area contributed by atoms with Crippen LogP contribution in [0.2, 0.25) is 0 Å². The highest BCUT2D eigenvalue weighted by Gasteiger charge is 2.34. The third-order valence-electron chi connectivity index (χ3n) is 4.36. The minimum absolute atomic E-state index is 0.258. The Morgan fingerprint density at radius 1 is 1.20 bits per heavy atom. The van der Waals surface area contributed by atoms with E-state index in [0.29, 0.717) is 12.0 Å². The maximum Gasteiger partial charge on any atom is 0.121 e. The maximum atomic E-state index is 6.32. The molecule has 20 heavy (non-hydrogen) atoms. The van der Waals surface area contributed by atoms with Gasteiger partial charge in [0, 0.05) is 31.9 Å². The molecule has 0 bridgehead atoms. The molecular formula is C17H28N2O. The van der Waals surface area contributed by atoms with Gasteiger partial charge in [-0.1, -0.05) is 19.9 Å². The molecule has 3 heteroatoms. The molecule has 2 rings (SSSR count). The second kappa shape index (κ2) is 6.49. The third kappa shape index (κ3) is 3.45. The first kappa shape index (κ1) is 15.2. The fourth-order valence-corrected chi connectivity index (χ4v) is 3.30. The van der Waals surface area contributed by atoms with Crippen LogP contribution in [0.5, 0.6) is 5.75 Å². The van der Waals surface area contributed by atoms with Crippen molar-refractivity contribution in [3.05, 3.63) is 24.3 Å². The van der Waals surface area contributed by atoms with Crippen molar-refractivity contribution in [1.29, 1.82) is 0 Å². The van der Waals surface area contributed by atoms with Gasteiger partial charge < -0.3 is 15.0 Å². The largest absolute Gasteiger partial charge is 0.488 e. The monoisotopic (exact) mass is 276 g/mol. The number of likely N-dealkylation sites (N-methyl/N-ethyl adjacent to an activating group) is 1. The van der Waals surface area contributed by atoms with Gasteiger partial charge in [0.2, 0.25) is 0 Å². The summed E-state index contributed by atoms with van der Waals surface area (Å²) in [5, 5.41) is 3.44. The molecule has 0 aliphatic heterocycles. The number of nitrogens with zero attached hydrogens (tertiary/aromatic N) is 1. The standard InChI is InChI=1S/C17H28N2O/c1-12-9-13(2)17(16(10-12)18-3)20-15-8-6-7-14(11-15)19(4)5/h6-8,11-13,16-18H,9-10H2,1-5H3. The quantitative estimate of drug-likeness (QED) is 0.914. The first-order valence-electron chi connectivity index (χ1n) is 7.62. The van der Waals surface area contributed by atoms with Gasteiger partial charge in [0.15, 0.2) is 0 Å². The summed E-state index contributed by atoms with van der Waals surface area (Å²) in [6.45, 7) is 4.64. The van der Waals surface area contributed by atoms with E-state index in [9.17, 15) is 0 Å². The van der Waals surface area contributed by atoms with E-state index in [-0.39, 0.29) is 6.10 Å². The van der Waals surface area contributed by atoms with E-state index in [1.807, 2.05) is 7.05 Å². The summed E-state index contributed by atoms with van der Waals surface area (Å²) < 4.78 is 6.32. The summed E-state index contributed by atoms with van der Waals surface area (Å²) in [7, 11) is 6.16. The number of anilines is 1. The topological polar surface area (TPSA) is 24.5 Å². The number of nitrogens with one attached hydrogen (secondary N) is 1. The zero-order chi connectivity index (χ0) is 14.7. The zero-order valence-electron chi connectivity index (χ0n) is 13.4. The lowest BCUT2D eigenvalue weighted by Crippen LogP contribution is -2.49. The summed E-state index contributed by atoms with van der Waals surface area (Å²) in [5.74, 6) is 2.33. The van der Waals surface area contributed by atoms with Crippen molar-refractivity contribution in [1.82, 2.24) is 5.32 Å². The number of hydrogen-bond donors (Lipinski definition) is 1. The summed E-state index contributed by atoms with van der Waals surface area (Å²) in [6, 6.07) is 8.79. The maximum absolute atomic E-state index is 6.32. The molecule has 1 saturated carbocycles. The van der Waals surface area contributed by atoms with Crippen molar-refractivity contribution in [2.24, 2.45) is 11.8 Å². The summed E-state index contributed by atoms with van der Waals surface area (Å²) >= 11 is 0. The van der Waals surface area contributed by atoms with Gasteiger partial charge in [-0.2, -0.15) is 0 Å². The van der Waals surface area contributed by atoms with Gasteiger partial charge in [0.25, 0.3) is 0 Å². The van der Waals surface area contributed by atoms with Gasteiger partial charge in [0.1, 0.15) is 11.9 Å². The van der Waals surface area contributed by atoms with Crippen molar-refractivity contribution >= 4 is 5.69 Å². The van der Waals surface area contributed by atoms with E-state index in [2.05, 4.69) is 62.4 Å². The lowest BCUT2D eigenvalue weighted by atomic mass is 9.78. The smallest absolute Gasteiger partial charge is 0.121 e. The van der Waals surface area contributed by atoms with E-state index in [0.717, 1.165) is 11.7 Å². The Labute approximate surface area is 123 Å². The Bertz CT molecular complexity index is 433. The average Bonchev–Trinajstić information content (AvgIpc) is 2.41. The van der Waals surface area contributed by atoms with Crippen molar-refractivity contribution in [3.63, 3.8) is 0 Å². The Kier molecular flexibility index (Phi) is 4.92. The van der Waals surface area contributed by atoms with Gasteiger partial charge in [-0.3, -0.25) is 0 Å². The fraction of sp³-hybridized carbons (Fsp3) is 0.647. The van der Waals surface area contributed by atoms with Gasteiger partial charge >= 0.3 is 0 Å². The van der Waals surface area contributed by atoms with Crippen LogP contribution in [0.25, 0.3) is 0 Å². The Morgan fingerprint density at radius 3 is 2.60 bits per heavy atom. The summed E-state index contributed by atoms with van der Waals surface area (Å²) in [5.41, 5.74) is 1.18. The number of benzene rings is 1. The van der Waals surface area contributed by atoms with Crippen molar-refractivity contribution in [3.8, 4) is 5.75 Å². The van der Waals surface area contributed by atoms with Crippen molar-refractivity contribution in [2.75, 3.05) is 26.0 Å². The van der Waals surface area contributed by atoms with Crippen LogP contribution in [0.4, 0.5) is 5.69 Å². The van der Waals surface area contributed by atoms with Crippen LogP contribution in [-0.4, -0.2) is 33.3 Å². The Balaban J connectivity index is 2.12. The van der Waals surface area contributed by atoms with Crippen LogP contribution in [0.3, 0.4) is 0 Å². The van der Waals surface area contributed by atoms with Crippen LogP contribution in [0.1, 0.15) is 26.7 Å². The molecule has 0 aromatic heterocycles. The van der Waals surface area contributed by atoms with Gasteiger partial charge in [0.05, 0.1) is 0 Å². The van der Waals surface area contributed by atoms with Crippen molar-refractivity contribution in [2.45, 2.75) is 38.8 Å². The third-order valence-corrected chi connectivity index (χ3v) is 4.36. The fourth-order valence-electron chi connectivity index (χ4n) is 3.30. The molecule has 1 aliphatic rings. The summed E-state index contributed by atoms with van der Waals surface area (Å²) in [6.07, 6.45) is 2.70. The van der Waals surface area contributed by atoms with Crippen LogP contribution in [0, 0.1) is 11.8 Å². The van der Waals surface area contributed by atoms with E-state index < -0.39 is 0 Å². The lowest BCUT2D eigenvalue weighted by molar-refractivity contribution is 0.0507. The lowest BCUT2D eigenvalue weighted by Gasteiger charge is -2.39. The predicted molar refractivity (Wildman–Crippen MR) is 85.6 cm³/mol. The molecule has 0 radical (unpaired) electrons. The molecule has 1 fully saturated rings. The van der Waals surface area contributed by atoms with Crippen LogP contribution < -0.4 is 15.0 Å². The first-order valence-corrected chi connectivity index (χ1v) is 7.62. The summed E-state index contributed by atoms with van der Waals surface area (Å²) in [4.78, 5) is 2.11. The highest BCUT2D eigenvalue weighted by Crippen LogP contribution is 2.32. The Hall–Kier alpha value is -1.22. The molecule has 3 nitrogen and oxygen atoms in total. The highest BCUT2D eigenvalue weighted by atomic mass is 16.5. The van der Waals surface area contributed by atoms with Gasteiger partial charge in [-0.25, -0.2) is 0 Å². The minimum atomic E-state index is 0.258. The SMILES string of the molecule is CNC1CC(C)CC(C)C1Oc1cccc(N(C)C)c1. The number of ether oxygens (including phenoxy) is 1. The molecular weight excluding hydrogens is 248 g/mol. The van der Waals surface area contributed by atoms with E-state index >= 15 is 0 Å². The molecule has 1 aliphatic carbocycles. The average molecular weight is 276 g/mol. The molecule has 112 valence electrons. The van der Waals surface area contributed by atoms with Crippen molar-refractivity contribution < 1.29 is 4.74 Å². The van der Waals surface area contributed by atoms with Crippen LogP contribution in [0.15, 0.2) is 24.3 Å². The molecule has 0 spiro atoms. The normalized spacial score (nSPS) is 30.1. The molecule has 0 amide bonds. The molecule has 1 N–H and O–H groups in total. The highest BCUT2D eigenvalue weighted by molar-refractivity contribution is 5.49. The van der Waals surface area contributed by atoms with Gasteiger partial charge in [-0.15, -0.1) is 0 Å².